The van der Waals surface area contributed by atoms with Crippen LogP contribution in [0.4, 0.5) is 0 Å². The second-order valence-electron chi connectivity index (χ2n) is 5.78. The van der Waals surface area contributed by atoms with Crippen LogP contribution in [0.25, 0.3) is 10.2 Å². The first kappa shape index (κ1) is 15.8. The molecule has 0 saturated carbocycles. The fourth-order valence-corrected chi connectivity index (χ4v) is 5.10. The van der Waals surface area contributed by atoms with E-state index in [0.717, 1.165) is 33.2 Å². The Balaban J connectivity index is 1.81. The molecule has 4 rings (SSSR count). The minimum atomic E-state index is -0.418. The van der Waals surface area contributed by atoms with E-state index >= 15 is 0 Å². The summed E-state index contributed by atoms with van der Waals surface area (Å²) >= 11 is 3.64. The Morgan fingerprint density at radius 1 is 1.42 bits per heavy atom. The first-order valence-electron chi connectivity index (χ1n) is 7.50. The van der Waals surface area contributed by atoms with E-state index < -0.39 is 5.91 Å². The highest BCUT2D eigenvalue weighted by molar-refractivity contribution is 14.1. The Labute approximate surface area is 154 Å². The molecule has 3 heterocycles. The lowest BCUT2D eigenvalue weighted by molar-refractivity contribution is 0.1000. The molecule has 124 valence electrons. The molecule has 3 aromatic heterocycles. The standard InChI is InChI=1S/C15H14IN5O2S/c1-7-17-14-11(8-4-3-5-10(8)24-14)15(23)21(7)19-13(22)12-9(16)6-20(2)18-12/h6H,3-5H2,1-2H3,(H,19,22). The molecule has 0 unspecified atom stereocenters. The molecule has 1 N–H and O–H groups in total. The number of nitrogens with zero attached hydrogens (tertiary/aromatic N) is 4. The maximum absolute atomic E-state index is 12.9. The third-order valence-electron chi connectivity index (χ3n) is 4.12. The largest absolute Gasteiger partial charge is 0.291 e. The van der Waals surface area contributed by atoms with Crippen LogP contribution in [0, 0.1) is 10.5 Å². The Morgan fingerprint density at radius 2 is 2.21 bits per heavy atom. The molecule has 0 spiro atoms. The maximum atomic E-state index is 12.9. The number of nitrogens with one attached hydrogen (secondary N) is 1. The van der Waals surface area contributed by atoms with Crippen molar-refractivity contribution in [3.05, 3.63) is 42.1 Å². The zero-order chi connectivity index (χ0) is 17.0. The van der Waals surface area contributed by atoms with Gasteiger partial charge in [-0.15, -0.1) is 11.3 Å². The van der Waals surface area contributed by atoms with Gasteiger partial charge in [-0.05, 0) is 54.3 Å². The molecule has 0 aromatic carbocycles. The van der Waals surface area contributed by atoms with E-state index in [0.29, 0.717) is 16.9 Å². The minimum Gasteiger partial charge on any atom is -0.274 e. The molecule has 0 aliphatic heterocycles. The lowest BCUT2D eigenvalue weighted by Crippen LogP contribution is -2.36. The van der Waals surface area contributed by atoms with Crippen LogP contribution in [0.3, 0.4) is 0 Å². The van der Waals surface area contributed by atoms with Crippen LogP contribution in [-0.2, 0) is 19.9 Å². The highest BCUT2D eigenvalue weighted by Crippen LogP contribution is 2.34. The third-order valence-corrected chi connectivity index (χ3v) is 6.09. The van der Waals surface area contributed by atoms with Crippen molar-refractivity contribution in [2.45, 2.75) is 26.2 Å². The summed E-state index contributed by atoms with van der Waals surface area (Å²) < 4.78 is 3.53. The summed E-state index contributed by atoms with van der Waals surface area (Å²) in [5, 5.41) is 4.79. The number of halogens is 1. The van der Waals surface area contributed by atoms with Crippen LogP contribution in [-0.4, -0.2) is 25.3 Å². The lowest BCUT2D eigenvalue weighted by Gasteiger charge is -2.10. The Morgan fingerprint density at radius 3 is 2.92 bits per heavy atom. The summed E-state index contributed by atoms with van der Waals surface area (Å²) in [5.74, 6) is 0.0462. The topological polar surface area (TPSA) is 81.8 Å². The molecule has 0 bridgehead atoms. The number of fused-ring (bicyclic) bond motifs is 3. The average Bonchev–Trinajstić information content (AvgIpc) is 3.17. The summed E-state index contributed by atoms with van der Waals surface area (Å²) in [6, 6.07) is 0. The molecular formula is C15H14IN5O2S. The summed E-state index contributed by atoms with van der Waals surface area (Å²) in [7, 11) is 1.75. The fraction of sp³-hybridized carbons (Fsp3) is 0.333. The molecule has 7 nitrogen and oxygen atoms in total. The Kier molecular flexibility index (Phi) is 3.71. The lowest BCUT2D eigenvalue weighted by atomic mass is 10.2. The van der Waals surface area contributed by atoms with Crippen molar-refractivity contribution in [1.82, 2.24) is 19.4 Å². The summed E-state index contributed by atoms with van der Waals surface area (Å²) in [6.07, 6.45) is 4.73. The average molecular weight is 455 g/mol. The Bertz CT molecular complexity index is 1050. The molecule has 9 heteroatoms. The first-order chi connectivity index (χ1) is 11.5. The molecule has 3 aromatic rings. The van der Waals surface area contributed by atoms with Gasteiger partial charge >= 0.3 is 0 Å². The van der Waals surface area contributed by atoms with Crippen molar-refractivity contribution in [3.63, 3.8) is 0 Å². The predicted molar refractivity (Wildman–Crippen MR) is 100 cm³/mol. The van der Waals surface area contributed by atoms with Crippen LogP contribution < -0.4 is 11.0 Å². The number of hydrogen-bond acceptors (Lipinski definition) is 5. The highest BCUT2D eigenvalue weighted by Gasteiger charge is 2.23. The van der Waals surface area contributed by atoms with Gasteiger partial charge < -0.3 is 0 Å². The number of aryl methyl sites for hydroxylation is 4. The van der Waals surface area contributed by atoms with E-state index in [-0.39, 0.29) is 5.56 Å². The second-order valence-corrected chi connectivity index (χ2v) is 8.02. The molecule has 0 radical (unpaired) electrons. The Hall–Kier alpha value is -1.75. The van der Waals surface area contributed by atoms with Crippen molar-refractivity contribution < 1.29 is 4.79 Å². The van der Waals surface area contributed by atoms with Crippen molar-refractivity contribution in [2.24, 2.45) is 7.05 Å². The highest BCUT2D eigenvalue weighted by atomic mass is 127. The molecule has 1 aliphatic rings. The van der Waals surface area contributed by atoms with Gasteiger partial charge in [0.15, 0.2) is 5.69 Å². The molecule has 1 aliphatic carbocycles. The predicted octanol–water partition coefficient (Wildman–Crippen LogP) is 1.98. The molecule has 24 heavy (non-hydrogen) atoms. The molecular weight excluding hydrogens is 441 g/mol. The molecule has 0 fully saturated rings. The molecule has 1 amide bonds. The number of hydrogen-bond donors (Lipinski definition) is 1. The van der Waals surface area contributed by atoms with Gasteiger partial charge in [-0.25, -0.2) is 9.66 Å². The SMILES string of the molecule is Cc1nc2sc3c(c2c(=O)n1NC(=O)c1nn(C)cc1I)CCC3. The van der Waals surface area contributed by atoms with Gasteiger partial charge in [0.1, 0.15) is 10.7 Å². The smallest absolute Gasteiger partial charge is 0.274 e. The minimum absolute atomic E-state index is 0.212. The van der Waals surface area contributed by atoms with Crippen LogP contribution in [0.15, 0.2) is 11.0 Å². The number of thiophene rings is 1. The van der Waals surface area contributed by atoms with Crippen LogP contribution in [0.5, 0.6) is 0 Å². The van der Waals surface area contributed by atoms with Crippen LogP contribution in [0.1, 0.15) is 33.2 Å². The van der Waals surface area contributed by atoms with Crippen LogP contribution >= 0.6 is 33.9 Å². The van der Waals surface area contributed by atoms with Crippen molar-refractivity contribution >= 4 is 50.1 Å². The summed E-state index contributed by atoms with van der Waals surface area (Å²) in [5.41, 5.74) is 3.83. The van der Waals surface area contributed by atoms with E-state index in [1.807, 2.05) is 22.6 Å². The van der Waals surface area contributed by atoms with Crippen molar-refractivity contribution in [2.75, 3.05) is 5.43 Å². The van der Waals surface area contributed by atoms with Crippen molar-refractivity contribution in [3.8, 4) is 0 Å². The van der Waals surface area contributed by atoms with Crippen molar-refractivity contribution in [1.29, 1.82) is 0 Å². The zero-order valence-electron chi connectivity index (χ0n) is 13.1. The van der Waals surface area contributed by atoms with Gasteiger partial charge in [0.25, 0.3) is 11.5 Å². The quantitative estimate of drug-likeness (QED) is 0.600. The van der Waals surface area contributed by atoms with E-state index in [4.69, 9.17) is 0 Å². The van der Waals surface area contributed by atoms with E-state index in [2.05, 4.69) is 15.5 Å². The van der Waals surface area contributed by atoms with E-state index in [9.17, 15) is 9.59 Å². The number of carbonyl (C=O) groups excluding carboxylic acids is 1. The second kappa shape index (κ2) is 5.66. The summed E-state index contributed by atoms with van der Waals surface area (Å²) in [6.45, 7) is 1.72. The summed E-state index contributed by atoms with van der Waals surface area (Å²) in [4.78, 5) is 31.9. The number of amides is 1. The van der Waals surface area contributed by atoms with Crippen LogP contribution in [0.2, 0.25) is 0 Å². The number of rotatable bonds is 2. The third kappa shape index (κ3) is 2.37. The van der Waals surface area contributed by atoms with Gasteiger partial charge in [0.05, 0.1) is 8.96 Å². The van der Waals surface area contributed by atoms with Gasteiger partial charge in [0, 0.05) is 18.1 Å². The fourth-order valence-electron chi connectivity index (χ4n) is 3.04. The van der Waals surface area contributed by atoms with Gasteiger partial charge in [-0.1, -0.05) is 0 Å². The van der Waals surface area contributed by atoms with Gasteiger partial charge in [0.2, 0.25) is 0 Å². The van der Waals surface area contributed by atoms with Gasteiger partial charge in [-0.2, -0.15) is 5.10 Å². The molecule has 0 saturated heterocycles. The van der Waals surface area contributed by atoms with E-state index in [1.165, 1.54) is 9.55 Å². The monoisotopic (exact) mass is 455 g/mol. The number of carbonyl (C=O) groups is 1. The zero-order valence-corrected chi connectivity index (χ0v) is 16.1. The molecule has 0 atom stereocenters. The first-order valence-corrected chi connectivity index (χ1v) is 9.39. The maximum Gasteiger partial charge on any atom is 0.291 e. The van der Waals surface area contributed by atoms with Gasteiger partial charge in [-0.3, -0.25) is 19.7 Å². The normalized spacial score (nSPS) is 13.5. The van der Waals surface area contributed by atoms with E-state index in [1.54, 1.807) is 36.2 Å². The number of aromatic nitrogens is 4.